The Bertz CT molecular complexity index is 214. The second-order valence-corrected chi connectivity index (χ2v) is 4.40. The Kier molecular flexibility index (Phi) is 3.39. The maximum Gasteiger partial charge on any atom is 0.274 e. The van der Waals surface area contributed by atoms with E-state index in [0.29, 0.717) is 0 Å². The van der Waals surface area contributed by atoms with Gasteiger partial charge in [-0.2, -0.15) is 8.42 Å². The molecule has 0 fully saturated rings. The SMILES string of the molecule is CC(CO)(CNN)S(=O)(=O)O. The lowest BCUT2D eigenvalue weighted by atomic mass is 10.2. The first kappa shape index (κ1) is 10.8. The van der Waals surface area contributed by atoms with Crippen LogP contribution < -0.4 is 11.3 Å². The van der Waals surface area contributed by atoms with Gasteiger partial charge in [-0.3, -0.25) is 15.8 Å². The van der Waals surface area contributed by atoms with Crippen LogP contribution in [0.1, 0.15) is 6.92 Å². The van der Waals surface area contributed by atoms with Gasteiger partial charge in [0.15, 0.2) is 0 Å². The van der Waals surface area contributed by atoms with E-state index in [1.807, 2.05) is 0 Å². The van der Waals surface area contributed by atoms with Crippen molar-refractivity contribution >= 4 is 10.1 Å². The van der Waals surface area contributed by atoms with Crippen molar-refractivity contribution in [3.05, 3.63) is 0 Å². The van der Waals surface area contributed by atoms with E-state index in [4.69, 9.17) is 15.5 Å². The Balaban J connectivity index is 4.61. The molecule has 0 aromatic rings. The summed E-state index contributed by atoms with van der Waals surface area (Å²) < 4.78 is 28.1. The molecule has 0 spiro atoms. The van der Waals surface area contributed by atoms with Crippen molar-refractivity contribution in [1.29, 1.82) is 0 Å². The fraction of sp³-hybridized carbons (Fsp3) is 1.00. The quantitative estimate of drug-likeness (QED) is 0.230. The third kappa shape index (κ3) is 2.38. The molecule has 0 aliphatic heterocycles. The molecule has 1 unspecified atom stereocenters. The molecule has 0 aliphatic rings. The maximum absolute atomic E-state index is 10.6. The fourth-order valence-corrected chi connectivity index (χ4v) is 0.873. The molecule has 0 saturated carbocycles. The zero-order chi connectivity index (χ0) is 9.12. The summed E-state index contributed by atoms with van der Waals surface area (Å²) in [5, 5.41) is 8.62. The van der Waals surface area contributed by atoms with E-state index in [1.165, 1.54) is 6.92 Å². The first-order valence-electron chi connectivity index (χ1n) is 2.89. The van der Waals surface area contributed by atoms with E-state index in [-0.39, 0.29) is 6.54 Å². The average molecular weight is 184 g/mol. The number of hydrogen-bond donors (Lipinski definition) is 4. The molecule has 68 valence electrons. The van der Waals surface area contributed by atoms with Gasteiger partial charge in [-0.1, -0.05) is 0 Å². The van der Waals surface area contributed by atoms with Crippen molar-refractivity contribution in [3.8, 4) is 0 Å². The lowest BCUT2D eigenvalue weighted by Crippen LogP contribution is -2.49. The highest BCUT2D eigenvalue weighted by Crippen LogP contribution is 2.12. The van der Waals surface area contributed by atoms with Crippen molar-refractivity contribution in [2.75, 3.05) is 13.2 Å². The normalized spacial score (nSPS) is 17.8. The molecule has 0 saturated heterocycles. The highest BCUT2D eigenvalue weighted by atomic mass is 32.2. The Morgan fingerprint density at radius 1 is 1.64 bits per heavy atom. The summed E-state index contributed by atoms with van der Waals surface area (Å²) in [5.41, 5.74) is 2.07. The molecule has 0 rings (SSSR count). The molecule has 5 N–H and O–H groups in total. The van der Waals surface area contributed by atoms with Crippen LogP contribution in [0.4, 0.5) is 0 Å². The van der Waals surface area contributed by atoms with Crippen molar-refractivity contribution in [2.24, 2.45) is 5.84 Å². The topological polar surface area (TPSA) is 113 Å². The fourth-order valence-electron chi connectivity index (χ4n) is 0.445. The molecular weight excluding hydrogens is 172 g/mol. The van der Waals surface area contributed by atoms with Crippen LogP contribution in [0.2, 0.25) is 0 Å². The van der Waals surface area contributed by atoms with Gasteiger partial charge >= 0.3 is 0 Å². The van der Waals surface area contributed by atoms with Gasteiger partial charge in [0.25, 0.3) is 10.1 Å². The number of nitrogens with one attached hydrogen (secondary N) is 1. The van der Waals surface area contributed by atoms with Gasteiger partial charge in [0.1, 0.15) is 4.75 Å². The smallest absolute Gasteiger partial charge is 0.274 e. The molecule has 11 heavy (non-hydrogen) atoms. The second kappa shape index (κ2) is 3.46. The minimum Gasteiger partial charge on any atom is -0.395 e. The van der Waals surface area contributed by atoms with Crippen LogP contribution in [-0.4, -0.2) is 36.0 Å². The van der Waals surface area contributed by atoms with E-state index in [0.717, 1.165) is 0 Å². The summed E-state index contributed by atoms with van der Waals surface area (Å²) in [7, 11) is -4.27. The lowest BCUT2D eigenvalue weighted by molar-refractivity contribution is 0.237. The van der Waals surface area contributed by atoms with Crippen molar-refractivity contribution in [3.63, 3.8) is 0 Å². The van der Waals surface area contributed by atoms with Crippen molar-refractivity contribution in [2.45, 2.75) is 11.7 Å². The molecule has 0 radical (unpaired) electrons. The molecule has 0 heterocycles. The average Bonchev–Trinajstić information content (AvgIpc) is 1.86. The highest BCUT2D eigenvalue weighted by Gasteiger charge is 2.36. The lowest BCUT2D eigenvalue weighted by Gasteiger charge is -2.22. The van der Waals surface area contributed by atoms with Gasteiger partial charge in [0.2, 0.25) is 0 Å². The first-order valence-corrected chi connectivity index (χ1v) is 4.33. The molecule has 0 amide bonds. The Morgan fingerprint density at radius 3 is 2.18 bits per heavy atom. The number of hydrogen-bond acceptors (Lipinski definition) is 5. The molecule has 1 atom stereocenters. The number of aliphatic hydroxyl groups is 1. The third-order valence-corrected chi connectivity index (χ3v) is 2.95. The zero-order valence-corrected chi connectivity index (χ0v) is 6.93. The van der Waals surface area contributed by atoms with Crippen LogP contribution in [0.15, 0.2) is 0 Å². The van der Waals surface area contributed by atoms with E-state index < -0.39 is 21.5 Å². The van der Waals surface area contributed by atoms with Gasteiger partial charge in [-0.25, -0.2) is 0 Å². The Hall–Kier alpha value is -0.210. The number of nitrogens with two attached hydrogens (primary N) is 1. The minimum absolute atomic E-state index is 0.206. The van der Waals surface area contributed by atoms with Gasteiger partial charge < -0.3 is 5.11 Å². The largest absolute Gasteiger partial charge is 0.395 e. The third-order valence-electron chi connectivity index (χ3n) is 1.43. The molecule has 7 heteroatoms. The van der Waals surface area contributed by atoms with Gasteiger partial charge in [0, 0.05) is 6.54 Å². The summed E-state index contributed by atoms with van der Waals surface area (Å²) in [5.74, 6) is 4.85. The number of rotatable bonds is 4. The Labute approximate surface area is 65.1 Å². The predicted molar refractivity (Wildman–Crippen MR) is 39.2 cm³/mol. The summed E-state index contributed by atoms with van der Waals surface area (Å²) >= 11 is 0. The van der Waals surface area contributed by atoms with Crippen LogP contribution in [0.5, 0.6) is 0 Å². The van der Waals surface area contributed by atoms with Crippen LogP contribution in [0.25, 0.3) is 0 Å². The molecule has 6 nitrogen and oxygen atoms in total. The molecular formula is C4H12N2O4S. The van der Waals surface area contributed by atoms with Gasteiger partial charge in [0.05, 0.1) is 6.61 Å². The van der Waals surface area contributed by atoms with E-state index >= 15 is 0 Å². The molecule has 0 aromatic heterocycles. The predicted octanol–water partition coefficient (Wildman–Crippen LogP) is -1.91. The molecule has 0 aliphatic carbocycles. The monoisotopic (exact) mass is 184 g/mol. The number of aliphatic hydroxyl groups excluding tert-OH is 1. The summed E-state index contributed by atoms with van der Waals surface area (Å²) in [4.78, 5) is 0. The minimum atomic E-state index is -4.27. The number of hydrazine groups is 1. The standard InChI is InChI=1S/C4H12N2O4S/c1-4(3-7,2-6-5)11(8,9)10/h6-7H,2-3,5H2,1H3,(H,8,9,10). The van der Waals surface area contributed by atoms with Crippen molar-refractivity contribution in [1.82, 2.24) is 5.43 Å². The molecule has 0 bridgehead atoms. The second-order valence-electron chi connectivity index (χ2n) is 2.46. The first-order chi connectivity index (χ1) is 4.87. The zero-order valence-electron chi connectivity index (χ0n) is 6.11. The van der Waals surface area contributed by atoms with Gasteiger partial charge in [-0.15, -0.1) is 0 Å². The van der Waals surface area contributed by atoms with E-state index in [9.17, 15) is 8.42 Å². The molecule has 0 aromatic carbocycles. The summed E-state index contributed by atoms with van der Waals surface area (Å²) in [6.45, 7) is 0.292. The van der Waals surface area contributed by atoms with Crippen molar-refractivity contribution < 1.29 is 18.1 Å². The van der Waals surface area contributed by atoms with Crippen LogP contribution in [-0.2, 0) is 10.1 Å². The van der Waals surface area contributed by atoms with Crippen LogP contribution >= 0.6 is 0 Å². The summed E-state index contributed by atoms with van der Waals surface area (Å²) in [6.07, 6.45) is 0. The van der Waals surface area contributed by atoms with Crippen LogP contribution in [0, 0.1) is 0 Å². The summed E-state index contributed by atoms with van der Waals surface area (Å²) in [6, 6.07) is 0. The van der Waals surface area contributed by atoms with Crippen LogP contribution in [0.3, 0.4) is 0 Å². The Morgan fingerprint density at radius 2 is 2.09 bits per heavy atom. The van der Waals surface area contributed by atoms with E-state index in [1.54, 1.807) is 0 Å². The highest BCUT2D eigenvalue weighted by molar-refractivity contribution is 7.87. The van der Waals surface area contributed by atoms with E-state index in [2.05, 4.69) is 5.43 Å². The maximum atomic E-state index is 10.6. The van der Waals surface area contributed by atoms with Gasteiger partial charge in [-0.05, 0) is 6.92 Å².